The fourth-order valence-corrected chi connectivity index (χ4v) is 3.61. The van der Waals surface area contributed by atoms with Crippen LogP contribution in [0.5, 0.6) is 0 Å². The molecule has 0 unspecified atom stereocenters. The van der Waals surface area contributed by atoms with E-state index in [1.54, 1.807) is 53.4 Å². The molecule has 1 atom stereocenters. The summed E-state index contributed by atoms with van der Waals surface area (Å²) in [6, 6.07) is 15.9. The maximum atomic E-state index is 13.0. The minimum absolute atomic E-state index is 0.0322. The van der Waals surface area contributed by atoms with Gasteiger partial charge in [-0.1, -0.05) is 37.6 Å². The van der Waals surface area contributed by atoms with Crippen molar-refractivity contribution in [2.75, 3.05) is 25.0 Å². The summed E-state index contributed by atoms with van der Waals surface area (Å²) in [6.45, 7) is 3.84. The molecule has 2 aromatic carbocycles. The van der Waals surface area contributed by atoms with E-state index in [-0.39, 0.29) is 23.6 Å². The Hall–Kier alpha value is -3.15. The number of carbonyl (C=O) groups is 3. The third-order valence-electron chi connectivity index (χ3n) is 5.31. The molecule has 0 bridgehead atoms. The van der Waals surface area contributed by atoms with Crippen molar-refractivity contribution in [2.24, 2.45) is 5.92 Å². The molecule has 2 N–H and O–H groups in total. The predicted molar refractivity (Wildman–Crippen MR) is 117 cm³/mol. The van der Waals surface area contributed by atoms with Gasteiger partial charge in [-0.25, -0.2) is 0 Å². The van der Waals surface area contributed by atoms with Gasteiger partial charge in [0, 0.05) is 36.4 Å². The number of anilines is 1. The first-order valence-electron chi connectivity index (χ1n) is 10.6. The second-order valence-electron chi connectivity index (χ2n) is 7.64. The van der Waals surface area contributed by atoms with Crippen LogP contribution in [0.1, 0.15) is 53.3 Å². The number of nitrogens with one attached hydrogen (secondary N) is 2. The van der Waals surface area contributed by atoms with E-state index in [1.165, 1.54) is 0 Å². The summed E-state index contributed by atoms with van der Waals surface area (Å²) < 4.78 is 0. The Bertz CT molecular complexity index is 882. The Labute approximate surface area is 177 Å². The average molecular weight is 408 g/mol. The summed E-state index contributed by atoms with van der Waals surface area (Å²) in [5, 5.41) is 5.81. The summed E-state index contributed by atoms with van der Waals surface area (Å²) in [4.78, 5) is 39.5. The number of amides is 3. The number of hydrogen-bond acceptors (Lipinski definition) is 3. The Balaban J connectivity index is 1.63. The fraction of sp³-hybridized carbons (Fsp3) is 0.375. The average Bonchev–Trinajstić information content (AvgIpc) is 2.79. The molecule has 1 aliphatic rings. The molecule has 1 saturated heterocycles. The number of carbonyl (C=O) groups excluding carboxylic acids is 3. The van der Waals surface area contributed by atoms with Gasteiger partial charge >= 0.3 is 0 Å². The lowest BCUT2D eigenvalue weighted by Crippen LogP contribution is -2.45. The largest absolute Gasteiger partial charge is 0.356 e. The van der Waals surface area contributed by atoms with Crippen molar-refractivity contribution in [3.63, 3.8) is 0 Å². The van der Waals surface area contributed by atoms with Crippen LogP contribution in [0.2, 0.25) is 0 Å². The van der Waals surface area contributed by atoms with E-state index in [2.05, 4.69) is 17.6 Å². The van der Waals surface area contributed by atoms with Crippen molar-refractivity contribution in [2.45, 2.75) is 32.6 Å². The van der Waals surface area contributed by atoms with Gasteiger partial charge in [-0.2, -0.15) is 0 Å². The highest BCUT2D eigenvalue weighted by atomic mass is 16.2. The highest BCUT2D eigenvalue weighted by Gasteiger charge is 2.28. The number of likely N-dealkylation sites (tertiary alicyclic amines) is 1. The van der Waals surface area contributed by atoms with Crippen molar-refractivity contribution in [3.8, 4) is 0 Å². The van der Waals surface area contributed by atoms with Crippen molar-refractivity contribution in [1.82, 2.24) is 10.2 Å². The van der Waals surface area contributed by atoms with E-state index in [1.807, 2.05) is 6.07 Å². The second-order valence-corrected chi connectivity index (χ2v) is 7.64. The quantitative estimate of drug-likeness (QED) is 0.687. The number of unbranched alkanes of at least 4 members (excludes halogenated alkanes) is 1. The van der Waals surface area contributed by atoms with Gasteiger partial charge in [-0.05, 0) is 49.6 Å². The summed E-state index contributed by atoms with van der Waals surface area (Å²) >= 11 is 0. The lowest BCUT2D eigenvalue weighted by atomic mass is 9.96. The molecule has 2 aromatic rings. The van der Waals surface area contributed by atoms with Gasteiger partial charge in [0.15, 0.2) is 0 Å². The van der Waals surface area contributed by atoms with E-state index in [9.17, 15) is 14.4 Å². The molecule has 158 valence electrons. The Kier molecular flexibility index (Phi) is 7.60. The van der Waals surface area contributed by atoms with Crippen molar-refractivity contribution in [1.29, 1.82) is 0 Å². The van der Waals surface area contributed by atoms with Crippen LogP contribution in [0.3, 0.4) is 0 Å². The number of piperidine rings is 1. The molecule has 6 nitrogen and oxygen atoms in total. The molecule has 3 rings (SSSR count). The molecule has 0 aliphatic carbocycles. The number of hydrogen-bond donors (Lipinski definition) is 2. The summed E-state index contributed by atoms with van der Waals surface area (Å²) in [5.74, 6) is -0.468. The molecule has 6 heteroatoms. The Morgan fingerprint density at radius 3 is 2.57 bits per heavy atom. The minimum Gasteiger partial charge on any atom is -0.356 e. The topological polar surface area (TPSA) is 78.5 Å². The van der Waals surface area contributed by atoms with Gasteiger partial charge in [-0.15, -0.1) is 0 Å². The van der Waals surface area contributed by atoms with E-state index in [0.717, 1.165) is 25.7 Å². The third-order valence-corrected chi connectivity index (χ3v) is 5.31. The Morgan fingerprint density at radius 2 is 1.80 bits per heavy atom. The first kappa shape index (κ1) is 21.6. The van der Waals surface area contributed by atoms with E-state index >= 15 is 0 Å². The highest BCUT2D eigenvalue weighted by Crippen LogP contribution is 2.20. The maximum absolute atomic E-state index is 13.0. The van der Waals surface area contributed by atoms with Crippen LogP contribution in [0.15, 0.2) is 54.6 Å². The van der Waals surface area contributed by atoms with Gasteiger partial charge in [0.05, 0.1) is 5.92 Å². The van der Waals surface area contributed by atoms with Crippen LogP contribution < -0.4 is 10.6 Å². The summed E-state index contributed by atoms with van der Waals surface area (Å²) in [6.07, 6.45) is 3.60. The molecular formula is C24H29N3O3. The molecule has 3 amide bonds. The lowest BCUT2D eigenvalue weighted by Gasteiger charge is -2.32. The highest BCUT2D eigenvalue weighted by molar-refractivity contribution is 6.05. The molecule has 1 heterocycles. The van der Waals surface area contributed by atoms with Crippen LogP contribution in [0, 0.1) is 5.92 Å². The van der Waals surface area contributed by atoms with E-state index in [0.29, 0.717) is 36.4 Å². The molecule has 1 aliphatic heterocycles. The van der Waals surface area contributed by atoms with Crippen molar-refractivity contribution in [3.05, 3.63) is 65.7 Å². The Morgan fingerprint density at radius 1 is 1.03 bits per heavy atom. The summed E-state index contributed by atoms with van der Waals surface area (Å²) in [5.41, 5.74) is 1.63. The number of benzene rings is 2. The number of nitrogens with zero attached hydrogens (tertiary/aromatic N) is 1. The van der Waals surface area contributed by atoms with Gasteiger partial charge in [-0.3, -0.25) is 14.4 Å². The summed E-state index contributed by atoms with van der Waals surface area (Å²) in [7, 11) is 0. The first-order valence-corrected chi connectivity index (χ1v) is 10.6. The molecular weight excluding hydrogens is 378 g/mol. The van der Waals surface area contributed by atoms with Crippen LogP contribution in [0.4, 0.5) is 5.69 Å². The molecule has 30 heavy (non-hydrogen) atoms. The molecule has 0 aromatic heterocycles. The van der Waals surface area contributed by atoms with Crippen LogP contribution >= 0.6 is 0 Å². The fourth-order valence-electron chi connectivity index (χ4n) is 3.61. The monoisotopic (exact) mass is 407 g/mol. The first-order chi connectivity index (χ1) is 14.6. The van der Waals surface area contributed by atoms with Crippen LogP contribution in [0.25, 0.3) is 0 Å². The molecule has 0 saturated carbocycles. The predicted octanol–water partition coefficient (Wildman–Crippen LogP) is 3.71. The standard InChI is InChI=1S/C24H29N3O3/c1-2-3-14-25-22(28)20-12-8-15-27(17-20)24(30)19-11-7-13-21(16-19)26-23(29)18-9-5-4-6-10-18/h4-7,9-11,13,16,20H,2-3,8,12,14-15,17H2,1H3,(H,25,28)(H,26,29)/t20-/m0/s1. The third kappa shape index (κ3) is 5.69. The van der Waals surface area contributed by atoms with Gasteiger partial charge in [0.1, 0.15) is 0 Å². The van der Waals surface area contributed by atoms with Gasteiger partial charge < -0.3 is 15.5 Å². The molecule has 0 spiro atoms. The van der Waals surface area contributed by atoms with Gasteiger partial charge in [0.2, 0.25) is 5.91 Å². The smallest absolute Gasteiger partial charge is 0.255 e. The minimum atomic E-state index is -0.220. The maximum Gasteiger partial charge on any atom is 0.255 e. The van der Waals surface area contributed by atoms with E-state index < -0.39 is 0 Å². The lowest BCUT2D eigenvalue weighted by molar-refractivity contribution is -0.126. The zero-order valence-electron chi connectivity index (χ0n) is 17.4. The van der Waals surface area contributed by atoms with Crippen molar-refractivity contribution >= 4 is 23.4 Å². The van der Waals surface area contributed by atoms with E-state index in [4.69, 9.17) is 0 Å². The SMILES string of the molecule is CCCCNC(=O)[C@H]1CCCN(C(=O)c2cccc(NC(=O)c3ccccc3)c2)C1. The zero-order valence-corrected chi connectivity index (χ0v) is 17.4. The second kappa shape index (κ2) is 10.6. The molecule has 0 radical (unpaired) electrons. The number of rotatable bonds is 7. The van der Waals surface area contributed by atoms with Crippen LogP contribution in [-0.2, 0) is 4.79 Å². The van der Waals surface area contributed by atoms with Gasteiger partial charge in [0.25, 0.3) is 11.8 Å². The van der Waals surface area contributed by atoms with Crippen molar-refractivity contribution < 1.29 is 14.4 Å². The zero-order chi connectivity index (χ0) is 21.3. The van der Waals surface area contributed by atoms with Crippen LogP contribution in [-0.4, -0.2) is 42.3 Å². The normalized spacial score (nSPS) is 16.0. The molecule has 1 fully saturated rings.